The Bertz CT molecular complexity index is 497. The van der Waals surface area contributed by atoms with Crippen molar-refractivity contribution in [2.75, 3.05) is 16.8 Å². The van der Waals surface area contributed by atoms with E-state index in [1.54, 1.807) is 12.1 Å². The Labute approximate surface area is 87.2 Å². The normalized spacial score (nSPS) is 22.8. The van der Waals surface area contributed by atoms with Crippen LogP contribution in [0.2, 0.25) is 0 Å². The summed E-state index contributed by atoms with van der Waals surface area (Å²) >= 11 is 0. The molecule has 1 aromatic heterocycles. The third-order valence-corrected chi connectivity index (χ3v) is 3.33. The van der Waals surface area contributed by atoms with Crippen LogP contribution >= 0.6 is 0 Å². The van der Waals surface area contributed by atoms with Crippen molar-refractivity contribution in [2.24, 2.45) is 0 Å². The van der Waals surface area contributed by atoms with E-state index in [4.69, 9.17) is 5.73 Å². The predicted molar refractivity (Wildman–Crippen MR) is 56.8 cm³/mol. The van der Waals surface area contributed by atoms with Gasteiger partial charge < -0.3 is 11.1 Å². The number of hydrogen-bond acceptors (Lipinski definition) is 6. The summed E-state index contributed by atoms with van der Waals surface area (Å²) in [7, 11) is -3.04. The summed E-state index contributed by atoms with van der Waals surface area (Å²) in [6.07, 6.45) is 3.10. The van der Waals surface area contributed by atoms with E-state index in [9.17, 15) is 8.42 Å². The van der Waals surface area contributed by atoms with Crippen LogP contribution in [0.1, 0.15) is 0 Å². The first kappa shape index (κ1) is 9.91. The summed E-state index contributed by atoms with van der Waals surface area (Å²) in [5.74, 6) is 0.732. The Morgan fingerprint density at radius 2 is 2.33 bits per heavy atom. The maximum atomic E-state index is 11.1. The summed E-state index contributed by atoms with van der Waals surface area (Å²) in [6, 6.07) is 1.39. The van der Waals surface area contributed by atoms with Gasteiger partial charge in [0, 0.05) is 11.6 Å². The van der Waals surface area contributed by atoms with Crippen LogP contribution in [-0.2, 0) is 9.84 Å². The molecule has 6 nitrogen and oxygen atoms in total. The molecule has 2 heterocycles. The van der Waals surface area contributed by atoms with E-state index < -0.39 is 9.84 Å². The number of sulfone groups is 1. The second-order valence-corrected chi connectivity index (χ2v) is 5.14. The van der Waals surface area contributed by atoms with Crippen LogP contribution in [0.15, 0.2) is 23.7 Å². The SMILES string of the molecule is Nc1nccc(NC2C=CS(=O)(=O)C2)n1. The molecule has 2 rings (SSSR count). The lowest BCUT2D eigenvalue weighted by Crippen LogP contribution is -2.21. The molecule has 3 N–H and O–H groups in total. The Morgan fingerprint density at radius 1 is 1.53 bits per heavy atom. The minimum atomic E-state index is -3.04. The number of nitrogens with two attached hydrogens (primary N) is 1. The summed E-state index contributed by atoms with van der Waals surface area (Å²) in [5, 5.41) is 4.14. The molecule has 1 aliphatic heterocycles. The van der Waals surface area contributed by atoms with Crippen LogP contribution in [0.3, 0.4) is 0 Å². The molecule has 0 fully saturated rings. The molecular formula is C8H10N4O2S. The van der Waals surface area contributed by atoms with Gasteiger partial charge in [0.05, 0.1) is 11.8 Å². The van der Waals surface area contributed by atoms with Crippen molar-refractivity contribution in [3.05, 3.63) is 23.7 Å². The number of nitrogen functional groups attached to an aromatic ring is 1. The molecule has 0 bridgehead atoms. The lowest BCUT2D eigenvalue weighted by Gasteiger charge is -2.09. The van der Waals surface area contributed by atoms with Crippen molar-refractivity contribution in [3.63, 3.8) is 0 Å². The van der Waals surface area contributed by atoms with Crippen molar-refractivity contribution in [3.8, 4) is 0 Å². The lowest BCUT2D eigenvalue weighted by atomic mass is 10.3. The number of anilines is 2. The molecule has 0 amide bonds. The van der Waals surface area contributed by atoms with Crippen LogP contribution in [-0.4, -0.2) is 30.2 Å². The number of aromatic nitrogens is 2. The Balaban J connectivity index is 2.09. The first-order valence-corrected chi connectivity index (χ1v) is 6.03. The topological polar surface area (TPSA) is 98.0 Å². The van der Waals surface area contributed by atoms with E-state index in [1.165, 1.54) is 11.6 Å². The molecule has 0 radical (unpaired) electrons. The van der Waals surface area contributed by atoms with E-state index in [1.807, 2.05) is 0 Å². The van der Waals surface area contributed by atoms with Gasteiger partial charge in [-0.15, -0.1) is 0 Å². The van der Waals surface area contributed by atoms with E-state index in [0.717, 1.165) is 0 Å². The molecule has 1 unspecified atom stereocenters. The summed E-state index contributed by atoms with van der Waals surface area (Å²) in [5.41, 5.74) is 5.39. The van der Waals surface area contributed by atoms with Crippen molar-refractivity contribution >= 4 is 21.6 Å². The van der Waals surface area contributed by atoms with Gasteiger partial charge in [0.2, 0.25) is 5.95 Å². The third-order valence-electron chi connectivity index (χ3n) is 1.94. The summed E-state index contributed by atoms with van der Waals surface area (Å²) in [6.45, 7) is 0. The maximum Gasteiger partial charge on any atom is 0.221 e. The molecule has 1 aliphatic rings. The van der Waals surface area contributed by atoms with Gasteiger partial charge in [0.25, 0.3) is 0 Å². The average Bonchev–Trinajstić information content (AvgIpc) is 2.45. The van der Waals surface area contributed by atoms with Crippen LogP contribution in [0.4, 0.5) is 11.8 Å². The first-order valence-electron chi connectivity index (χ1n) is 4.31. The Kier molecular flexibility index (Phi) is 2.31. The van der Waals surface area contributed by atoms with Crippen LogP contribution in [0.25, 0.3) is 0 Å². The van der Waals surface area contributed by atoms with Gasteiger partial charge in [-0.1, -0.05) is 0 Å². The van der Waals surface area contributed by atoms with E-state index >= 15 is 0 Å². The zero-order chi connectivity index (χ0) is 10.9. The number of hydrogen-bond donors (Lipinski definition) is 2. The zero-order valence-electron chi connectivity index (χ0n) is 7.79. The number of nitrogens with zero attached hydrogens (tertiary/aromatic N) is 2. The molecular weight excluding hydrogens is 216 g/mol. The monoisotopic (exact) mass is 226 g/mol. The standard InChI is InChI=1S/C8H10N4O2S/c9-8-10-3-1-7(12-8)11-6-2-4-15(13,14)5-6/h1-4,6H,5H2,(H3,9,10,11,12). The van der Waals surface area contributed by atoms with E-state index in [-0.39, 0.29) is 17.7 Å². The van der Waals surface area contributed by atoms with Crippen molar-refractivity contribution in [1.29, 1.82) is 0 Å². The largest absolute Gasteiger partial charge is 0.368 e. The quantitative estimate of drug-likeness (QED) is 0.723. The molecule has 0 aliphatic carbocycles. The molecule has 0 saturated carbocycles. The van der Waals surface area contributed by atoms with Gasteiger partial charge in [0.1, 0.15) is 5.82 Å². The molecule has 0 saturated heterocycles. The predicted octanol–water partition coefficient (Wildman–Crippen LogP) is -0.219. The highest BCUT2D eigenvalue weighted by molar-refractivity contribution is 7.94. The maximum absolute atomic E-state index is 11.1. The van der Waals surface area contributed by atoms with Gasteiger partial charge in [-0.25, -0.2) is 13.4 Å². The second-order valence-electron chi connectivity index (χ2n) is 3.21. The summed E-state index contributed by atoms with van der Waals surface area (Å²) < 4.78 is 22.2. The Morgan fingerprint density at radius 3 is 2.93 bits per heavy atom. The smallest absolute Gasteiger partial charge is 0.221 e. The van der Waals surface area contributed by atoms with Gasteiger partial charge in [-0.05, 0) is 12.1 Å². The highest BCUT2D eigenvalue weighted by Crippen LogP contribution is 2.13. The van der Waals surface area contributed by atoms with Gasteiger partial charge in [0.15, 0.2) is 9.84 Å². The lowest BCUT2D eigenvalue weighted by molar-refractivity contribution is 0.605. The fourth-order valence-electron chi connectivity index (χ4n) is 1.31. The zero-order valence-corrected chi connectivity index (χ0v) is 8.61. The molecule has 1 atom stereocenters. The molecule has 7 heteroatoms. The molecule has 0 spiro atoms. The van der Waals surface area contributed by atoms with Crippen LogP contribution in [0.5, 0.6) is 0 Å². The number of rotatable bonds is 2. The minimum absolute atomic E-state index is 0.0525. The highest BCUT2D eigenvalue weighted by atomic mass is 32.2. The third kappa shape index (κ3) is 2.44. The molecule has 0 aromatic carbocycles. The number of nitrogens with one attached hydrogen (secondary N) is 1. The first-order chi connectivity index (χ1) is 7.05. The van der Waals surface area contributed by atoms with Crippen molar-refractivity contribution in [1.82, 2.24) is 9.97 Å². The fraction of sp³-hybridized carbons (Fsp3) is 0.250. The summed E-state index contributed by atoms with van der Waals surface area (Å²) in [4.78, 5) is 7.64. The van der Waals surface area contributed by atoms with Gasteiger partial charge >= 0.3 is 0 Å². The molecule has 15 heavy (non-hydrogen) atoms. The fourth-order valence-corrected chi connectivity index (χ4v) is 2.55. The van der Waals surface area contributed by atoms with Crippen molar-refractivity contribution in [2.45, 2.75) is 6.04 Å². The van der Waals surface area contributed by atoms with Gasteiger partial charge in [-0.3, -0.25) is 0 Å². The minimum Gasteiger partial charge on any atom is -0.368 e. The highest BCUT2D eigenvalue weighted by Gasteiger charge is 2.21. The molecule has 80 valence electrons. The van der Waals surface area contributed by atoms with Gasteiger partial charge in [-0.2, -0.15) is 4.98 Å². The Hall–Kier alpha value is -1.63. The van der Waals surface area contributed by atoms with Crippen LogP contribution < -0.4 is 11.1 Å². The van der Waals surface area contributed by atoms with E-state index in [0.29, 0.717) is 5.82 Å². The molecule has 1 aromatic rings. The van der Waals surface area contributed by atoms with Crippen molar-refractivity contribution < 1.29 is 8.42 Å². The second kappa shape index (κ2) is 3.50. The van der Waals surface area contributed by atoms with Crippen LogP contribution in [0, 0.1) is 0 Å². The van der Waals surface area contributed by atoms with E-state index in [2.05, 4.69) is 15.3 Å². The average molecular weight is 226 g/mol.